The van der Waals surface area contributed by atoms with Gasteiger partial charge in [-0.1, -0.05) is 6.42 Å². The van der Waals surface area contributed by atoms with Crippen LogP contribution in [0.2, 0.25) is 0 Å². The van der Waals surface area contributed by atoms with Crippen LogP contribution in [0.4, 0.5) is 5.69 Å². The van der Waals surface area contributed by atoms with E-state index in [1.54, 1.807) is 38.3 Å². The molecule has 0 bridgehead atoms. The van der Waals surface area contributed by atoms with Gasteiger partial charge in [-0.15, -0.1) is 0 Å². The van der Waals surface area contributed by atoms with Gasteiger partial charge in [0.15, 0.2) is 6.10 Å². The summed E-state index contributed by atoms with van der Waals surface area (Å²) in [6.45, 7) is 1.58. The van der Waals surface area contributed by atoms with Crippen molar-refractivity contribution in [2.24, 2.45) is 5.92 Å². The Labute approximate surface area is 118 Å². The smallest absolute Gasteiger partial charge is 0.309 e. The zero-order valence-corrected chi connectivity index (χ0v) is 11.7. The summed E-state index contributed by atoms with van der Waals surface area (Å²) in [5, 5.41) is 2.70. The van der Waals surface area contributed by atoms with Crippen molar-refractivity contribution >= 4 is 17.6 Å². The van der Waals surface area contributed by atoms with Gasteiger partial charge < -0.3 is 14.8 Å². The summed E-state index contributed by atoms with van der Waals surface area (Å²) in [5.74, 6) is 0.0927. The van der Waals surface area contributed by atoms with E-state index in [-0.39, 0.29) is 17.8 Å². The van der Waals surface area contributed by atoms with Crippen molar-refractivity contribution in [3.63, 3.8) is 0 Å². The molecule has 1 fully saturated rings. The normalized spacial score (nSPS) is 15.9. The summed E-state index contributed by atoms with van der Waals surface area (Å²) in [6.07, 6.45) is 2.01. The molecule has 5 heteroatoms. The molecule has 2 rings (SSSR count). The number of carbonyl (C=O) groups is 2. The lowest BCUT2D eigenvalue weighted by molar-refractivity contribution is -0.159. The highest BCUT2D eigenvalue weighted by Crippen LogP contribution is 2.27. The maximum Gasteiger partial charge on any atom is 0.309 e. The van der Waals surface area contributed by atoms with Crippen LogP contribution in [0.5, 0.6) is 5.75 Å². The Morgan fingerprint density at radius 3 is 2.40 bits per heavy atom. The van der Waals surface area contributed by atoms with E-state index in [0.717, 1.165) is 19.3 Å². The zero-order valence-electron chi connectivity index (χ0n) is 11.7. The van der Waals surface area contributed by atoms with Crippen molar-refractivity contribution in [1.82, 2.24) is 0 Å². The fourth-order valence-electron chi connectivity index (χ4n) is 1.89. The average molecular weight is 277 g/mol. The van der Waals surface area contributed by atoms with Crippen LogP contribution in [0, 0.1) is 5.92 Å². The molecule has 1 aromatic rings. The number of hydrogen-bond acceptors (Lipinski definition) is 4. The van der Waals surface area contributed by atoms with E-state index >= 15 is 0 Å². The van der Waals surface area contributed by atoms with Crippen molar-refractivity contribution in [1.29, 1.82) is 0 Å². The maximum absolute atomic E-state index is 11.9. The zero-order chi connectivity index (χ0) is 14.5. The Bertz CT molecular complexity index is 479. The average Bonchev–Trinajstić information content (AvgIpc) is 2.37. The van der Waals surface area contributed by atoms with Gasteiger partial charge >= 0.3 is 5.97 Å². The van der Waals surface area contributed by atoms with Gasteiger partial charge in [0.25, 0.3) is 5.91 Å². The summed E-state index contributed by atoms with van der Waals surface area (Å²) >= 11 is 0. The highest BCUT2D eigenvalue weighted by molar-refractivity contribution is 5.95. The number of hydrogen-bond donors (Lipinski definition) is 1. The molecule has 5 nitrogen and oxygen atoms in total. The highest BCUT2D eigenvalue weighted by atomic mass is 16.5. The van der Waals surface area contributed by atoms with Gasteiger partial charge in [0.2, 0.25) is 0 Å². The third-order valence-corrected chi connectivity index (χ3v) is 3.46. The third-order valence-electron chi connectivity index (χ3n) is 3.46. The Hall–Kier alpha value is -2.04. The number of methoxy groups -OCH3 is 1. The van der Waals surface area contributed by atoms with Crippen LogP contribution in [0.25, 0.3) is 0 Å². The molecule has 0 aromatic heterocycles. The Kier molecular flexibility index (Phi) is 4.61. The van der Waals surface area contributed by atoms with E-state index < -0.39 is 6.10 Å². The molecule has 0 spiro atoms. The second kappa shape index (κ2) is 6.41. The van der Waals surface area contributed by atoms with Gasteiger partial charge in [-0.25, -0.2) is 0 Å². The minimum absolute atomic E-state index is 0.0220. The minimum atomic E-state index is -0.787. The molecule has 1 N–H and O–H groups in total. The summed E-state index contributed by atoms with van der Waals surface area (Å²) in [5.41, 5.74) is 0.641. The Morgan fingerprint density at radius 1 is 1.25 bits per heavy atom. The van der Waals surface area contributed by atoms with E-state index in [2.05, 4.69) is 5.32 Å². The highest BCUT2D eigenvalue weighted by Gasteiger charge is 2.29. The van der Waals surface area contributed by atoms with Crippen LogP contribution in [-0.4, -0.2) is 25.1 Å². The molecule has 1 aromatic carbocycles. The molecule has 108 valence electrons. The molecule has 1 saturated carbocycles. The fourth-order valence-corrected chi connectivity index (χ4v) is 1.89. The molecular formula is C15H19NO4. The number of benzene rings is 1. The molecule has 1 aliphatic carbocycles. The number of amides is 1. The topological polar surface area (TPSA) is 64.6 Å². The number of carbonyl (C=O) groups excluding carboxylic acids is 2. The number of esters is 1. The first kappa shape index (κ1) is 14.4. The van der Waals surface area contributed by atoms with Crippen molar-refractivity contribution in [2.45, 2.75) is 32.3 Å². The number of anilines is 1. The van der Waals surface area contributed by atoms with Gasteiger partial charge in [0.05, 0.1) is 13.0 Å². The standard InChI is InChI=1S/C15H19NO4/c1-10(20-15(18)11-4-3-5-11)14(17)16-12-6-8-13(19-2)9-7-12/h6-11H,3-5H2,1-2H3,(H,16,17). The molecule has 1 atom stereocenters. The fraction of sp³-hybridized carbons (Fsp3) is 0.467. The van der Waals surface area contributed by atoms with Crippen LogP contribution in [0.15, 0.2) is 24.3 Å². The van der Waals surface area contributed by atoms with E-state index in [1.807, 2.05) is 0 Å². The first-order chi connectivity index (χ1) is 9.60. The first-order valence-corrected chi connectivity index (χ1v) is 6.75. The third kappa shape index (κ3) is 3.50. The first-order valence-electron chi connectivity index (χ1n) is 6.75. The number of nitrogens with one attached hydrogen (secondary N) is 1. The Balaban J connectivity index is 1.84. The predicted octanol–water partition coefficient (Wildman–Crippen LogP) is 2.37. The second-order valence-electron chi connectivity index (χ2n) is 4.92. The van der Waals surface area contributed by atoms with Crippen LogP contribution < -0.4 is 10.1 Å². The van der Waals surface area contributed by atoms with Crippen LogP contribution in [0.1, 0.15) is 26.2 Å². The molecule has 1 unspecified atom stereocenters. The molecule has 20 heavy (non-hydrogen) atoms. The molecule has 0 radical (unpaired) electrons. The summed E-state index contributed by atoms with van der Waals surface area (Å²) in [7, 11) is 1.58. The number of ether oxygens (including phenoxy) is 2. The van der Waals surface area contributed by atoms with Gasteiger partial charge in [-0.05, 0) is 44.0 Å². The monoisotopic (exact) mass is 277 g/mol. The van der Waals surface area contributed by atoms with Gasteiger partial charge in [-0.2, -0.15) is 0 Å². The van der Waals surface area contributed by atoms with Gasteiger partial charge in [0, 0.05) is 5.69 Å². The van der Waals surface area contributed by atoms with Crippen molar-refractivity contribution < 1.29 is 19.1 Å². The van der Waals surface area contributed by atoms with E-state index in [0.29, 0.717) is 11.4 Å². The molecular weight excluding hydrogens is 258 g/mol. The quantitative estimate of drug-likeness (QED) is 0.839. The molecule has 0 heterocycles. The second-order valence-corrected chi connectivity index (χ2v) is 4.92. The van der Waals surface area contributed by atoms with Crippen molar-refractivity contribution in [3.8, 4) is 5.75 Å². The molecule has 1 amide bonds. The summed E-state index contributed by atoms with van der Waals surface area (Å²) in [4.78, 5) is 23.6. The summed E-state index contributed by atoms with van der Waals surface area (Å²) < 4.78 is 10.2. The molecule has 1 aliphatic rings. The molecule has 0 saturated heterocycles. The maximum atomic E-state index is 11.9. The lowest BCUT2D eigenvalue weighted by atomic mass is 9.86. The minimum Gasteiger partial charge on any atom is -0.497 e. The van der Waals surface area contributed by atoms with Crippen LogP contribution in [0.3, 0.4) is 0 Å². The number of rotatable bonds is 5. The van der Waals surface area contributed by atoms with E-state index in [9.17, 15) is 9.59 Å². The largest absolute Gasteiger partial charge is 0.497 e. The van der Waals surface area contributed by atoms with Gasteiger partial charge in [0.1, 0.15) is 5.75 Å². The SMILES string of the molecule is COc1ccc(NC(=O)C(C)OC(=O)C2CCC2)cc1. The predicted molar refractivity (Wildman–Crippen MR) is 74.5 cm³/mol. The van der Waals surface area contributed by atoms with Crippen molar-refractivity contribution in [3.05, 3.63) is 24.3 Å². The molecule has 0 aliphatic heterocycles. The Morgan fingerprint density at radius 2 is 1.90 bits per heavy atom. The lowest BCUT2D eigenvalue weighted by Gasteiger charge is -2.24. The van der Waals surface area contributed by atoms with Crippen molar-refractivity contribution in [2.75, 3.05) is 12.4 Å². The van der Waals surface area contributed by atoms with E-state index in [4.69, 9.17) is 9.47 Å². The van der Waals surface area contributed by atoms with Crippen LogP contribution in [-0.2, 0) is 14.3 Å². The summed E-state index contributed by atoms with van der Waals surface area (Å²) in [6, 6.07) is 6.97. The van der Waals surface area contributed by atoms with Crippen LogP contribution >= 0.6 is 0 Å². The van der Waals surface area contributed by atoms with Gasteiger partial charge in [-0.3, -0.25) is 9.59 Å². The lowest BCUT2D eigenvalue weighted by Crippen LogP contribution is -2.34. The van der Waals surface area contributed by atoms with E-state index in [1.165, 1.54) is 0 Å².